The molecule has 0 aliphatic heterocycles. The zero-order valence-corrected chi connectivity index (χ0v) is 9.59. The molecule has 0 aromatic rings. The molecule has 0 fully saturated rings. The smallest absolute Gasteiger partial charge is 0.0261 e. The lowest BCUT2D eigenvalue weighted by atomic mass is 10.7. The molecular weight excluding hydrogens is 146 g/mol. The van der Waals surface area contributed by atoms with Gasteiger partial charge in [0.1, 0.15) is 0 Å². The van der Waals surface area contributed by atoms with Crippen LogP contribution in [0.2, 0.25) is 0 Å². The van der Waals surface area contributed by atoms with Gasteiger partial charge < -0.3 is 0 Å². The summed E-state index contributed by atoms with van der Waals surface area (Å²) >= 11 is 0. The Morgan fingerprint density at radius 3 is 1.25 bits per heavy atom. The minimum Gasteiger partial charge on any atom is -0.265 e. The first-order chi connectivity index (χ1) is 5.91. The normalized spacial score (nSPS) is 5.83. The molecule has 0 unspecified atom stereocenters. The number of rotatable bonds is 2. The fourth-order valence-corrected chi connectivity index (χ4v) is 0.122. The molecule has 0 radical (unpaired) electrons. The van der Waals surface area contributed by atoms with Crippen molar-refractivity contribution in [1.82, 2.24) is 0 Å². The largest absolute Gasteiger partial charge is 0.265 e. The average molecular weight is 171 g/mol. The summed E-state index contributed by atoms with van der Waals surface area (Å²) in [6, 6.07) is 0. The van der Waals surface area contributed by atoms with Crippen LogP contribution in [0.4, 0.5) is 0 Å². The van der Waals surface area contributed by atoms with E-state index >= 15 is 0 Å². The summed E-state index contributed by atoms with van der Waals surface area (Å²) in [6.07, 6.45) is 4.64. The Hall–Kier alpha value is -0.850. The summed E-state index contributed by atoms with van der Waals surface area (Å²) in [5.41, 5.74) is 0. The van der Waals surface area contributed by atoms with Gasteiger partial charge in [0, 0.05) is 12.4 Å². The fourth-order valence-electron chi connectivity index (χ4n) is 0.122. The standard InChI is InChI=1S/C5H7N.3C2H6/c1-3-5-6-4-2;3*1-2/h3-5H,1-2H2;3*1-2H3. The molecule has 0 aromatic carbocycles. The Labute approximate surface area is 78.9 Å². The third-order valence-corrected chi connectivity index (χ3v) is 0.297. The molecule has 1 heteroatoms. The number of aliphatic imine (C=N–C) groups is 1. The van der Waals surface area contributed by atoms with Gasteiger partial charge in [-0.1, -0.05) is 60.8 Å². The molecule has 0 N–H and O–H groups in total. The van der Waals surface area contributed by atoms with Crippen molar-refractivity contribution in [2.24, 2.45) is 4.99 Å². The monoisotopic (exact) mass is 171 g/mol. The molecule has 0 aliphatic carbocycles. The zero-order chi connectivity index (χ0) is 10.8. The summed E-state index contributed by atoms with van der Waals surface area (Å²) in [5.74, 6) is 0. The Morgan fingerprint density at radius 2 is 1.17 bits per heavy atom. The van der Waals surface area contributed by atoms with Gasteiger partial charge in [-0.15, -0.1) is 0 Å². The Balaban J connectivity index is -0.0000000453. The quantitative estimate of drug-likeness (QED) is 0.544. The predicted octanol–water partition coefficient (Wildman–Crippen LogP) is 4.47. The van der Waals surface area contributed by atoms with Crippen molar-refractivity contribution in [3.63, 3.8) is 0 Å². The summed E-state index contributed by atoms with van der Waals surface area (Å²) in [6.45, 7) is 18.8. The SMILES string of the molecule is C=CC=NC=C.CC.CC.CC. The molecule has 1 nitrogen and oxygen atoms in total. The molecule has 0 aromatic heterocycles. The van der Waals surface area contributed by atoms with E-state index < -0.39 is 0 Å². The highest BCUT2D eigenvalue weighted by Crippen LogP contribution is 1.61. The van der Waals surface area contributed by atoms with E-state index in [2.05, 4.69) is 18.2 Å². The van der Waals surface area contributed by atoms with Gasteiger partial charge in [0.05, 0.1) is 0 Å². The molecule has 0 amide bonds. The zero-order valence-electron chi connectivity index (χ0n) is 9.59. The molecule has 0 aliphatic rings. The van der Waals surface area contributed by atoms with E-state index in [9.17, 15) is 0 Å². The predicted molar refractivity (Wildman–Crippen MR) is 62.9 cm³/mol. The number of hydrogen-bond acceptors (Lipinski definition) is 1. The number of allylic oxidation sites excluding steroid dienone is 1. The highest BCUT2D eigenvalue weighted by molar-refractivity contribution is 5.70. The van der Waals surface area contributed by atoms with Crippen molar-refractivity contribution in [2.45, 2.75) is 41.5 Å². The van der Waals surface area contributed by atoms with Crippen LogP contribution in [0.25, 0.3) is 0 Å². The maximum absolute atomic E-state index is 3.61. The number of hydrogen-bond donors (Lipinski definition) is 0. The van der Waals surface area contributed by atoms with Crippen LogP contribution in [0.3, 0.4) is 0 Å². The van der Waals surface area contributed by atoms with Gasteiger partial charge in [0.2, 0.25) is 0 Å². The summed E-state index contributed by atoms with van der Waals surface area (Å²) in [7, 11) is 0. The van der Waals surface area contributed by atoms with Crippen LogP contribution in [0.15, 0.2) is 30.4 Å². The third-order valence-electron chi connectivity index (χ3n) is 0.297. The highest BCUT2D eigenvalue weighted by atomic mass is 14.6. The van der Waals surface area contributed by atoms with Crippen molar-refractivity contribution in [3.8, 4) is 0 Å². The van der Waals surface area contributed by atoms with Crippen molar-refractivity contribution >= 4 is 6.21 Å². The topological polar surface area (TPSA) is 12.4 Å². The maximum atomic E-state index is 3.61. The van der Waals surface area contributed by atoms with Crippen LogP contribution in [-0.2, 0) is 0 Å². The van der Waals surface area contributed by atoms with Crippen LogP contribution in [-0.4, -0.2) is 6.21 Å². The summed E-state index contributed by atoms with van der Waals surface area (Å²) in [5, 5.41) is 0. The van der Waals surface area contributed by atoms with Crippen molar-refractivity contribution in [3.05, 3.63) is 25.4 Å². The van der Waals surface area contributed by atoms with Crippen LogP contribution in [0.5, 0.6) is 0 Å². The van der Waals surface area contributed by atoms with Gasteiger partial charge in [0.15, 0.2) is 0 Å². The van der Waals surface area contributed by atoms with Gasteiger partial charge in [-0.2, -0.15) is 0 Å². The molecule has 0 spiro atoms. The second-order valence-electron chi connectivity index (χ2n) is 0.716. The van der Waals surface area contributed by atoms with Gasteiger partial charge in [0.25, 0.3) is 0 Å². The lowest BCUT2D eigenvalue weighted by molar-refractivity contribution is 1.50. The molecule has 0 heterocycles. The maximum Gasteiger partial charge on any atom is 0.0261 e. The highest BCUT2D eigenvalue weighted by Gasteiger charge is 1.47. The summed E-state index contributed by atoms with van der Waals surface area (Å²) in [4.78, 5) is 3.61. The molecule has 0 saturated heterocycles. The van der Waals surface area contributed by atoms with Gasteiger partial charge in [-0.3, -0.25) is 4.99 Å². The second kappa shape index (κ2) is 85.6. The van der Waals surface area contributed by atoms with Crippen molar-refractivity contribution in [2.75, 3.05) is 0 Å². The Morgan fingerprint density at radius 1 is 0.833 bits per heavy atom. The molecule has 0 bridgehead atoms. The van der Waals surface area contributed by atoms with Crippen LogP contribution < -0.4 is 0 Å². The van der Waals surface area contributed by atoms with Gasteiger partial charge in [-0.25, -0.2) is 0 Å². The molecule has 0 saturated carbocycles. The molecule has 12 heavy (non-hydrogen) atoms. The van der Waals surface area contributed by atoms with Crippen molar-refractivity contribution in [1.29, 1.82) is 0 Å². The first kappa shape index (κ1) is 22.5. The van der Waals surface area contributed by atoms with Gasteiger partial charge in [-0.05, 0) is 0 Å². The van der Waals surface area contributed by atoms with Gasteiger partial charge >= 0.3 is 0 Å². The van der Waals surface area contributed by atoms with E-state index in [4.69, 9.17) is 0 Å². The van der Waals surface area contributed by atoms with E-state index in [0.29, 0.717) is 0 Å². The van der Waals surface area contributed by atoms with E-state index in [-0.39, 0.29) is 0 Å². The lowest BCUT2D eigenvalue weighted by Crippen LogP contribution is -1.52. The minimum atomic E-state index is 1.46. The van der Waals surface area contributed by atoms with E-state index in [0.717, 1.165) is 0 Å². The van der Waals surface area contributed by atoms with Crippen LogP contribution in [0.1, 0.15) is 41.5 Å². The van der Waals surface area contributed by atoms with E-state index in [1.54, 1.807) is 12.3 Å². The first-order valence-corrected chi connectivity index (χ1v) is 4.67. The fraction of sp³-hybridized carbons (Fsp3) is 0.545. The first-order valence-electron chi connectivity index (χ1n) is 4.67. The van der Waals surface area contributed by atoms with Crippen molar-refractivity contribution < 1.29 is 0 Å². The van der Waals surface area contributed by atoms with Crippen LogP contribution >= 0.6 is 0 Å². The number of nitrogens with zero attached hydrogens (tertiary/aromatic N) is 1. The van der Waals surface area contributed by atoms with Crippen LogP contribution in [0, 0.1) is 0 Å². The van der Waals surface area contributed by atoms with E-state index in [1.165, 1.54) is 6.20 Å². The summed E-state index contributed by atoms with van der Waals surface area (Å²) < 4.78 is 0. The molecule has 0 rings (SSSR count). The average Bonchev–Trinajstić information content (AvgIpc) is 2.24. The lowest BCUT2D eigenvalue weighted by Gasteiger charge is -1.62. The molecule has 74 valence electrons. The Kier molecular flexibility index (Phi) is 160. The van der Waals surface area contributed by atoms with E-state index in [1.807, 2.05) is 41.5 Å². The second-order valence-corrected chi connectivity index (χ2v) is 0.716. The molecule has 0 atom stereocenters. The minimum absolute atomic E-state index is 1.46. The molecular formula is C11H25N. The Bertz CT molecular complexity index is 63.1. The third kappa shape index (κ3) is 131.